The van der Waals surface area contributed by atoms with Gasteiger partial charge >= 0.3 is 19.8 Å². The van der Waals surface area contributed by atoms with Crippen LogP contribution >= 0.6 is 7.82 Å². The van der Waals surface area contributed by atoms with Gasteiger partial charge in [-0.2, -0.15) is 0 Å². The molecule has 0 aliphatic heterocycles. The van der Waals surface area contributed by atoms with Crippen LogP contribution in [0.15, 0.2) is 24.3 Å². The highest BCUT2D eigenvalue weighted by molar-refractivity contribution is 7.47. The van der Waals surface area contributed by atoms with E-state index >= 15 is 0 Å². The summed E-state index contributed by atoms with van der Waals surface area (Å²) in [6.07, 6.45) is 33.6. The molecule has 0 bridgehead atoms. The number of rotatable bonds is 36. The van der Waals surface area contributed by atoms with Crippen molar-refractivity contribution >= 4 is 19.8 Å². The van der Waals surface area contributed by atoms with Crippen molar-refractivity contribution in [3.63, 3.8) is 0 Å². The van der Waals surface area contributed by atoms with Gasteiger partial charge in [-0.15, -0.1) is 0 Å². The number of phosphoric acid groups is 1. The van der Waals surface area contributed by atoms with Gasteiger partial charge in [0.25, 0.3) is 0 Å². The van der Waals surface area contributed by atoms with Crippen LogP contribution in [0.2, 0.25) is 0 Å². The molecule has 0 amide bonds. The second-order valence-electron chi connectivity index (χ2n) is 14.7. The fraction of sp³-hybridized carbons (Fsp3) is 0.850. The number of carbonyl (C=O) groups excluding carboxylic acids is 2. The van der Waals surface area contributed by atoms with Crippen LogP contribution in [0.1, 0.15) is 168 Å². The summed E-state index contributed by atoms with van der Waals surface area (Å²) >= 11 is 0. The van der Waals surface area contributed by atoms with Gasteiger partial charge in [0.1, 0.15) is 19.8 Å². The summed E-state index contributed by atoms with van der Waals surface area (Å²) in [5, 5.41) is 0. The van der Waals surface area contributed by atoms with Crippen molar-refractivity contribution in [1.29, 1.82) is 0 Å². The van der Waals surface area contributed by atoms with Crippen LogP contribution in [0.25, 0.3) is 0 Å². The number of hydrogen-bond acceptors (Lipinski definition) is 7. The van der Waals surface area contributed by atoms with E-state index in [1.807, 2.05) is 21.1 Å². The first-order valence-electron chi connectivity index (χ1n) is 20.1. The minimum absolute atomic E-state index is 0.0296. The second-order valence-corrected chi connectivity index (χ2v) is 16.1. The molecule has 0 aromatic carbocycles. The number of allylic oxidation sites excluding steroid dienone is 4. The topological polar surface area (TPSA) is 108 Å². The van der Waals surface area contributed by atoms with E-state index in [4.69, 9.17) is 18.5 Å². The summed E-state index contributed by atoms with van der Waals surface area (Å²) in [5.74, 6) is -0.819. The summed E-state index contributed by atoms with van der Waals surface area (Å²) in [7, 11) is 1.47. The van der Waals surface area contributed by atoms with E-state index in [9.17, 15) is 19.0 Å². The summed E-state index contributed by atoms with van der Waals surface area (Å²) in [4.78, 5) is 35.2. The Balaban J connectivity index is 4.44. The van der Waals surface area contributed by atoms with Crippen molar-refractivity contribution in [3.8, 4) is 0 Å². The third kappa shape index (κ3) is 36.3. The first-order valence-corrected chi connectivity index (χ1v) is 21.6. The Kier molecular flexibility index (Phi) is 32.3. The third-order valence-electron chi connectivity index (χ3n) is 8.45. The molecule has 1 unspecified atom stereocenters. The van der Waals surface area contributed by atoms with Gasteiger partial charge in [-0.05, 0) is 64.2 Å². The lowest BCUT2D eigenvalue weighted by atomic mass is 10.1. The summed E-state index contributed by atoms with van der Waals surface area (Å²) in [5.41, 5.74) is 0. The molecule has 0 rings (SSSR count). The summed E-state index contributed by atoms with van der Waals surface area (Å²) < 4.78 is 34.2. The van der Waals surface area contributed by atoms with Crippen LogP contribution in [0.5, 0.6) is 0 Å². The van der Waals surface area contributed by atoms with Gasteiger partial charge in [-0.25, -0.2) is 4.57 Å². The Bertz CT molecular complexity index is 918. The van der Waals surface area contributed by atoms with E-state index in [0.29, 0.717) is 17.4 Å². The Morgan fingerprint density at radius 1 is 0.600 bits per heavy atom. The van der Waals surface area contributed by atoms with E-state index in [1.165, 1.54) is 64.2 Å². The highest BCUT2D eigenvalue weighted by Crippen LogP contribution is 2.43. The Morgan fingerprint density at radius 2 is 1.02 bits per heavy atom. The van der Waals surface area contributed by atoms with E-state index in [1.54, 1.807) is 0 Å². The largest absolute Gasteiger partial charge is 0.472 e. The molecule has 0 aliphatic carbocycles. The van der Waals surface area contributed by atoms with E-state index in [-0.39, 0.29) is 32.0 Å². The molecule has 1 N–H and O–H groups in total. The number of phosphoric ester groups is 1. The molecule has 294 valence electrons. The number of likely N-dealkylation sites (N-methyl/N-ethyl adjacent to an activating group) is 1. The minimum atomic E-state index is -4.37. The molecule has 0 radical (unpaired) electrons. The van der Waals surface area contributed by atoms with Gasteiger partial charge < -0.3 is 18.9 Å². The van der Waals surface area contributed by atoms with Crippen molar-refractivity contribution in [1.82, 2.24) is 0 Å². The fourth-order valence-corrected chi connectivity index (χ4v) is 5.98. The number of carbonyl (C=O) groups is 2. The van der Waals surface area contributed by atoms with Gasteiger partial charge in [0.05, 0.1) is 27.7 Å². The maximum Gasteiger partial charge on any atom is 0.472 e. The highest BCUT2D eigenvalue weighted by atomic mass is 31.2. The molecule has 0 aliphatic rings. The van der Waals surface area contributed by atoms with Gasteiger partial charge in [0, 0.05) is 12.8 Å². The predicted molar refractivity (Wildman–Crippen MR) is 206 cm³/mol. The number of nitrogens with zero attached hydrogens (tertiary/aromatic N) is 1. The third-order valence-corrected chi connectivity index (χ3v) is 9.44. The number of esters is 2. The molecule has 10 heteroatoms. The predicted octanol–water partition coefficient (Wildman–Crippen LogP) is 10.8. The van der Waals surface area contributed by atoms with Crippen molar-refractivity contribution in [3.05, 3.63) is 24.3 Å². The number of ether oxygens (including phenoxy) is 2. The van der Waals surface area contributed by atoms with Crippen molar-refractivity contribution < 1.29 is 42.1 Å². The Hall–Kier alpha value is -1.51. The fourth-order valence-electron chi connectivity index (χ4n) is 5.24. The lowest BCUT2D eigenvalue weighted by Gasteiger charge is -2.24. The molecule has 0 heterocycles. The lowest BCUT2D eigenvalue weighted by Crippen LogP contribution is -2.37. The molecule has 0 aromatic heterocycles. The normalized spacial score (nSPS) is 14.0. The maximum absolute atomic E-state index is 12.6. The quantitative estimate of drug-likeness (QED) is 0.0223. The second kappa shape index (κ2) is 33.3. The Labute approximate surface area is 307 Å². The molecular formula is C40H77NO8P+. The van der Waals surface area contributed by atoms with E-state index in [2.05, 4.69) is 38.2 Å². The summed E-state index contributed by atoms with van der Waals surface area (Å²) in [6, 6.07) is 0. The first-order chi connectivity index (χ1) is 24.0. The number of quaternary nitrogens is 1. The monoisotopic (exact) mass is 731 g/mol. The van der Waals surface area contributed by atoms with Crippen LogP contribution in [0.4, 0.5) is 0 Å². The zero-order chi connectivity index (χ0) is 37.2. The minimum Gasteiger partial charge on any atom is -0.462 e. The standard InChI is InChI=1S/C40H76NO8P/c1-6-8-10-12-14-16-18-20-22-24-26-28-30-32-39(42)46-36-38(37-48-50(44,45)47-35-34-41(3,4)5)49-40(43)33-31-29-27-25-23-21-19-17-15-13-11-9-7-2/h16-19,38H,6-15,20-37H2,1-5H3/p+1/b18-16-,19-17-/t38-/m1/s1. The van der Waals surface area contributed by atoms with Crippen LogP contribution in [-0.4, -0.2) is 74.9 Å². The van der Waals surface area contributed by atoms with Crippen LogP contribution in [0.3, 0.4) is 0 Å². The molecule has 0 fully saturated rings. The number of hydrogen-bond donors (Lipinski definition) is 1. The molecular weight excluding hydrogens is 653 g/mol. The molecule has 2 atom stereocenters. The van der Waals surface area contributed by atoms with Crippen LogP contribution < -0.4 is 0 Å². The van der Waals surface area contributed by atoms with Gasteiger partial charge in [-0.3, -0.25) is 18.6 Å². The van der Waals surface area contributed by atoms with E-state index in [0.717, 1.165) is 70.6 Å². The molecule has 50 heavy (non-hydrogen) atoms. The molecule has 0 aromatic rings. The van der Waals surface area contributed by atoms with Crippen molar-refractivity contribution in [2.75, 3.05) is 47.5 Å². The zero-order valence-electron chi connectivity index (χ0n) is 32.9. The SMILES string of the molecule is CCCCCC/C=C\CCCCCCCC(=O)OC[C@H](COP(=O)(O)OCC[N+](C)(C)C)OC(=O)CCCCCCC/C=C\CCCCCC. The van der Waals surface area contributed by atoms with Crippen LogP contribution in [0, 0.1) is 0 Å². The molecule has 0 saturated carbocycles. The van der Waals surface area contributed by atoms with Gasteiger partial charge in [0.15, 0.2) is 6.10 Å². The highest BCUT2D eigenvalue weighted by Gasteiger charge is 2.27. The molecule has 0 saturated heterocycles. The van der Waals surface area contributed by atoms with Gasteiger partial charge in [0.2, 0.25) is 0 Å². The first kappa shape index (κ1) is 48.5. The zero-order valence-corrected chi connectivity index (χ0v) is 33.8. The lowest BCUT2D eigenvalue weighted by molar-refractivity contribution is -0.870. The number of unbranched alkanes of at least 4 members (excludes halogenated alkanes) is 18. The summed E-state index contributed by atoms with van der Waals surface area (Å²) in [6.45, 7) is 4.36. The smallest absolute Gasteiger partial charge is 0.462 e. The average molecular weight is 731 g/mol. The maximum atomic E-state index is 12.6. The molecule has 9 nitrogen and oxygen atoms in total. The van der Waals surface area contributed by atoms with Gasteiger partial charge in [-0.1, -0.05) is 115 Å². The van der Waals surface area contributed by atoms with E-state index < -0.39 is 26.5 Å². The average Bonchev–Trinajstić information content (AvgIpc) is 3.06. The molecule has 0 spiro atoms. The van der Waals surface area contributed by atoms with Crippen molar-refractivity contribution in [2.24, 2.45) is 0 Å². The van der Waals surface area contributed by atoms with Crippen molar-refractivity contribution in [2.45, 2.75) is 174 Å². The Morgan fingerprint density at radius 3 is 1.48 bits per heavy atom. The van der Waals surface area contributed by atoms with Crippen LogP contribution in [-0.2, 0) is 32.7 Å².